The molecule has 3 nitrogen and oxygen atoms in total. The third-order valence-corrected chi connectivity index (χ3v) is 2.43. The molecule has 1 heterocycles. The van der Waals surface area contributed by atoms with Crippen LogP contribution < -0.4 is 4.74 Å². The number of hydrogen-bond acceptors (Lipinski definition) is 2. The Morgan fingerprint density at radius 2 is 2.27 bits per heavy atom. The number of ether oxygens (including phenoxy) is 1. The molecule has 80 valence electrons. The SMILES string of the molecule is CCOc1ccc2[nH]cc(CCO)c2c1. The lowest BCUT2D eigenvalue weighted by Gasteiger charge is -2.03. The van der Waals surface area contributed by atoms with Crippen molar-refractivity contribution in [2.45, 2.75) is 13.3 Å². The Kier molecular flexibility index (Phi) is 2.92. The van der Waals surface area contributed by atoms with Crippen molar-refractivity contribution in [3.63, 3.8) is 0 Å². The summed E-state index contributed by atoms with van der Waals surface area (Å²) in [6, 6.07) is 5.96. The summed E-state index contributed by atoms with van der Waals surface area (Å²) >= 11 is 0. The van der Waals surface area contributed by atoms with Gasteiger partial charge in [-0.3, -0.25) is 0 Å². The second-order valence-corrected chi connectivity index (χ2v) is 3.43. The van der Waals surface area contributed by atoms with Gasteiger partial charge >= 0.3 is 0 Å². The zero-order chi connectivity index (χ0) is 10.7. The summed E-state index contributed by atoms with van der Waals surface area (Å²) in [7, 11) is 0. The fraction of sp³-hybridized carbons (Fsp3) is 0.333. The van der Waals surface area contributed by atoms with E-state index in [0.29, 0.717) is 13.0 Å². The molecule has 1 aromatic heterocycles. The first-order valence-electron chi connectivity index (χ1n) is 5.19. The molecule has 0 spiro atoms. The van der Waals surface area contributed by atoms with Crippen LogP contribution in [-0.4, -0.2) is 23.3 Å². The summed E-state index contributed by atoms with van der Waals surface area (Å²) in [5.41, 5.74) is 2.22. The Labute approximate surface area is 88.7 Å². The van der Waals surface area contributed by atoms with Gasteiger partial charge in [-0.15, -0.1) is 0 Å². The molecule has 0 saturated carbocycles. The van der Waals surface area contributed by atoms with E-state index >= 15 is 0 Å². The lowest BCUT2D eigenvalue weighted by atomic mass is 10.1. The molecule has 0 radical (unpaired) electrons. The quantitative estimate of drug-likeness (QED) is 0.802. The summed E-state index contributed by atoms with van der Waals surface area (Å²) in [5, 5.41) is 10.1. The van der Waals surface area contributed by atoms with E-state index in [1.54, 1.807) is 0 Å². The Hall–Kier alpha value is -1.48. The minimum Gasteiger partial charge on any atom is -0.494 e. The predicted octanol–water partition coefficient (Wildman–Crippen LogP) is 2.10. The van der Waals surface area contributed by atoms with Crippen LogP contribution in [0.15, 0.2) is 24.4 Å². The molecule has 2 N–H and O–H groups in total. The van der Waals surface area contributed by atoms with Crippen molar-refractivity contribution in [2.75, 3.05) is 13.2 Å². The van der Waals surface area contributed by atoms with Crippen LogP contribution in [0.25, 0.3) is 10.9 Å². The number of aliphatic hydroxyl groups excluding tert-OH is 1. The van der Waals surface area contributed by atoms with Gasteiger partial charge in [-0.1, -0.05) is 0 Å². The maximum atomic E-state index is 8.93. The van der Waals surface area contributed by atoms with Crippen molar-refractivity contribution < 1.29 is 9.84 Å². The fourth-order valence-corrected chi connectivity index (χ4v) is 1.74. The van der Waals surface area contributed by atoms with Crippen molar-refractivity contribution in [3.8, 4) is 5.75 Å². The van der Waals surface area contributed by atoms with Gasteiger partial charge in [-0.25, -0.2) is 0 Å². The molecule has 0 saturated heterocycles. The van der Waals surface area contributed by atoms with E-state index in [9.17, 15) is 0 Å². The zero-order valence-electron chi connectivity index (χ0n) is 8.79. The van der Waals surface area contributed by atoms with Gasteiger partial charge in [0.05, 0.1) is 6.61 Å². The number of rotatable bonds is 4. The van der Waals surface area contributed by atoms with E-state index in [2.05, 4.69) is 4.98 Å². The fourth-order valence-electron chi connectivity index (χ4n) is 1.74. The molecule has 0 aliphatic rings. The molecule has 0 fully saturated rings. The Bertz CT molecular complexity index is 448. The zero-order valence-corrected chi connectivity index (χ0v) is 8.79. The second-order valence-electron chi connectivity index (χ2n) is 3.43. The van der Waals surface area contributed by atoms with Gasteiger partial charge in [0.15, 0.2) is 0 Å². The molecule has 0 bridgehead atoms. The van der Waals surface area contributed by atoms with Crippen LogP contribution in [0.5, 0.6) is 5.75 Å². The Morgan fingerprint density at radius 3 is 3.00 bits per heavy atom. The molecular formula is C12H15NO2. The van der Waals surface area contributed by atoms with E-state index in [-0.39, 0.29) is 6.61 Å². The van der Waals surface area contributed by atoms with E-state index < -0.39 is 0 Å². The Balaban J connectivity index is 2.42. The van der Waals surface area contributed by atoms with Crippen molar-refractivity contribution in [1.29, 1.82) is 0 Å². The highest BCUT2D eigenvalue weighted by molar-refractivity contribution is 5.84. The summed E-state index contributed by atoms with van der Waals surface area (Å²) in [5.74, 6) is 0.879. The molecule has 0 aliphatic carbocycles. The molecule has 1 aromatic carbocycles. The molecule has 15 heavy (non-hydrogen) atoms. The molecule has 0 amide bonds. The molecule has 2 aromatic rings. The van der Waals surface area contributed by atoms with Gasteiger partial charge in [-0.2, -0.15) is 0 Å². The van der Waals surface area contributed by atoms with Gasteiger partial charge < -0.3 is 14.8 Å². The van der Waals surface area contributed by atoms with Crippen molar-refractivity contribution >= 4 is 10.9 Å². The van der Waals surface area contributed by atoms with E-state index in [1.165, 1.54) is 0 Å². The standard InChI is InChI=1S/C12H15NO2/c1-2-15-10-3-4-12-11(7-10)9(5-6-14)8-13-12/h3-4,7-8,13-14H,2,5-6H2,1H3. The largest absolute Gasteiger partial charge is 0.494 e. The summed E-state index contributed by atoms with van der Waals surface area (Å²) in [6.07, 6.45) is 2.62. The first-order valence-corrected chi connectivity index (χ1v) is 5.19. The summed E-state index contributed by atoms with van der Waals surface area (Å²) in [6.45, 7) is 2.81. The van der Waals surface area contributed by atoms with Gasteiger partial charge in [-0.05, 0) is 37.1 Å². The van der Waals surface area contributed by atoms with Crippen LogP contribution in [0.2, 0.25) is 0 Å². The predicted molar refractivity (Wildman–Crippen MR) is 60.3 cm³/mol. The highest BCUT2D eigenvalue weighted by Crippen LogP contribution is 2.23. The number of H-pyrrole nitrogens is 1. The van der Waals surface area contributed by atoms with Crippen LogP contribution in [0.3, 0.4) is 0 Å². The third-order valence-electron chi connectivity index (χ3n) is 2.43. The number of aromatic nitrogens is 1. The van der Waals surface area contributed by atoms with E-state index in [1.807, 2.05) is 31.3 Å². The van der Waals surface area contributed by atoms with E-state index in [4.69, 9.17) is 9.84 Å². The van der Waals surface area contributed by atoms with Gasteiger partial charge in [0.1, 0.15) is 5.75 Å². The second kappa shape index (κ2) is 4.36. The number of aliphatic hydroxyl groups is 1. The molecule has 3 heteroatoms. The average molecular weight is 205 g/mol. The highest BCUT2D eigenvalue weighted by Gasteiger charge is 2.04. The summed E-state index contributed by atoms with van der Waals surface area (Å²) in [4.78, 5) is 3.18. The van der Waals surface area contributed by atoms with Crippen LogP contribution in [0.1, 0.15) is 12.5 Å². The molecular weight excluding hydrogens is 190 g/mol. The number of fused-ring (bicyclic) bond motifs is 1. The maximum Gasteiger partial charge on any atom is 0.120 e. The smallest absolute Gasteiger partial charge is 0.120 e. The average Bonchev–Trinajstić information content (AvgIpc) is 2.63. The molecule has 0 unspecified atom stereocenters. The number of benzene rings is 1. The van der Waals surface area contributed by atoms with Gasteiger partial charge in [0.2, 0.25) is 0 Å². The first-order chi connectivity index (χ1) is 7.35. The molecule has 2 rings (SSSR count). The third kappa shape index (κ3) is 1.97. The molecule has 0 aliphatic heterocycles. The summed E-state index contributed by atoms with van der Waals surface area (Å²) < 4.78 is 5.44. The minimum absolute atomic E-state index is 0.172. The molecule has 0 atom stereocenters. The number of hydrogen-bond donors (Lipinski definition) is 2. The van der Waals surface area contributed by atoms with Crippen molar-refractivity contribution in [1.82, 2.24) is 4.98 Å². The maximum absolute atomic E-state index is 8.93. The van der Waals surface area contributed by atoms with Crippen LogP contribution in [0, 0.1) is 0 Å². The van der Waals surface area contributed by atoms with Crippen LogP contribution in [0.4, 0.5) is 0 Å². The lowest BCUT2D eigenvalue weighted by Crippen LogP contribution is -1.91. The normalized spacial score (nSPS) is 10.8. The topological polar surface area (TPSA) is 45.2 Å². The lowest BCUT2D eigenvalue weighted by molar-refractivity contribution is 0.300. The monoisotopic (exact) mass is 205 g/mol. The minimum atomic E-state index is 0.172. The van der Waals surface area contributed by atoms with Crippen molar-refractivity contribution in [2.24, 2.45) is 0 Å². The first kappa shape index (κ1) is 10.1. The van der Waals surface area contributed by atoms with Gasteiger partial charge in [0, 0.05) is 23.7 Å². The van der Waals surface area contributed by atoms with Crippen LogP contribution >= 0.6 is 0 Å². The van der Waals surface area contributed by atoms with Crippen molar-refractivity contribution in [3.05, 3.63) is 30.0 Å². The van der Waals surface area contributed by atoms with Gasteiger partial charge in [0.25, 0.3) is 0 Å². The van der Waals surface area contributed by atoms with Crippen LogP contribution in [-0.2, 0) is 6.42 Å². The van der Waals surface area contributed by atoms with E-state index in [0.717, 1.165) is 22.2 Å². The number of aromatic amines is 1. The highest BCUT2D eigenvalue weighted by atomic mass is 16.5. The Morgan fingerprint density at radius 1 is 1.40 bits per heavy atom. The number of nitrogens with one attached hydrogen (secondary N) is 1.